The van der Waals surface area contributed by atoms with Crippen LogP contribution in [-0.4, -0.2) is 60.6 Å². The maximum absolute atomic E-state index is 14.8. The molecule has 1 aliphatic heterocycles. The topological polar surface area (TPSA) is 114 Å². The first-order valence-corrected chi connectivity index (χ1v) is 23.8. The summed E-state index contributed by atoms with van der Waals surface area (Å²) in [6, 6.07) is 39.1. The Hall–Kier alpha value is -5.93. The normalized spacial score (nSPS) is 17.1. The van der Waals surface area contributed by atoms with Crippen molar-refractivity contribution in [2.24, 2.45) is 5.92 Å². The van der Waals surface area contributed by atoms with E-state index in [-0.39, 0.29) is 24.3 Å². The first kappa shape index (κ1) is 45.6. The van der Waals surface area contributed by atoms with Gasteiger partial charge in [0.15, 0.2) is 5.60 Å². The number of ether oxygens (including phenoxy) is 2. The average molecular weight is 895 g/mol. The molecule has 1 saturated heterocycles. The molecule has 3 amide bonds. The third-order valence-electron chi connectivity index (χ3n) is 13.6. The van der Waals surface area contributed by atoms with Crippen molar-refractivity contribution >= 4 is 35.5 Å². The molecular weight excluding hydrogens is 834 g/mol. The minimum absolute atomic E-state index is 0.0755. The van der Waals surface area contributed by atoms with Crippen LogP contribution >= 0.6 is 11.6 Å². The standard InChI is InChI=1S/C55H60ClN3O6/c1-37(2)51(58-54(63)64-36-46-44-25-13-11-23-42(44)43-24-12-14-26-45(43)46)52(61)57-49(53(62)59-33-17-18-34-59)35-50(60)65-55(40-21-9-6-10-22-40,47-27-15-16-28-48(47)56)41-31-29-39(30-32-41)38-19-7-4-3-5-8-20-38/h6,9-16,21-32,37-38,46,49,51H,3-5,7-8,17-20,33-36H2,1-2H3,(H,57,61)(H,58,63)/t49-,51-,55?/m0/s1. The predicted molar refractivity (Wildman–Crippen MR) is 255 cm³/mol. The summed E-state index contributed by atoms with van der Waals surface area (Å²) in [5.74, 6) is -1.80. The molecule has 1 unspecified atom stereocenters. The van der Waals surface area contributed by atoms with Crippen molar-refractivity contribution in [3.05, 3.63) is 166 Å². The summed E-state index contributed by atoms with van der Waals surface area (Å²) in [5.41, 5.74) is 6.06. The molecular formula is C55H60ClN3O6. The number of alkyl carbamates (subject to hydrolysis) is 1. The molecule has 338 valence electrons. The van der Waals surface area contributed by atoms with Gasteiger partial charge in [0.2, 0.25) is 11.8 Å². The highest BCUT2D eigenvalue weighted by molar-refractivity contribution is 6.31. The van der Waals surface area contributed by atoms with E-state index in [0.717, 1.165) is 47.9 Å². The molecule has 8 rings (SSSR count). The number of carbonyl (C=O) groups excluding carboxylic acids is 4. The molecule has 0 bridgehead atoms. The van der Waals surface area contributed by atoms with Gasteiger partial charge in [0.25, 0.3) is 0 Å². The molecule has 0 aromatic heterocycles. The molecule has 10 heteroatoms. The fraction of sp³-hybridized carbons (Fsp3) is 0.382. The van der Waals surface area contributed by atoms with Crippen LogP contribution < -0.4 is 10.6 Å². The molecule has 1 saturated carbocycles. The molecule has 65 heavy (non-hydrogen) atoms. The maximum Gasteiger partial charge on any atom is 0.407 e. The Morgan fingerprint density at radius 2 is 1.25 bits per heavy atom. The first-order valence-electron chi connectivity index (χ1n) is 23.5. The summed E-state index contributed by atoms with van der Waals surface area (Å²) in [6.07, 6.45) is 8.89. The van der Waals surface area contributed by atoms with Crippen molar-refractivity contribution in [3.8, 4) is 11.1 Å². The van der Waals surface area contributed by atoms with Gasteiger partial charge < -0.3 is 25.0 Å². The first-order chi connectivity index (χ1) is 31.6. The minimum atomic E-state index is -1.51. The van der Waals surface area contributed by atoms with Crippen LogP contribution in [0.25, 0.3) is 11.1 Å². The molecule has 5 aromatic rings. The van der Waals surface area contributed by atoms with E-state index >= 15 is 0 Å². The van der Waals surface area contributed by atoms with Crippen LogP contribution in [0.3, 0.4) is 0 Å². The van der Waals surface area contributed by atoms with Crippen molar-refractivity contribution in [3.63, 3.8) is 0 Å². The molecule has 3 aliphatic rings. The zero-order valence-corrected chi connectivity index (χ0v) is 38.2. The fourth-order valence-electron chi connectivity index (χ4n) is 10.2. The Bertz CT molecular complexity index is 2400. The smallest absolute Gasteiger partial charge is 0.407 e. The van der Waals surface area contributed by atoms with Gasteiger partial charge in [-0.25, -0.2) is 4.79 Å². The van der Waals surface area contributed by atoms with Gasteiger partial charge in [-0.15, -0.1) is 0 Å². The fourth-order valence-corrected chi connectivity index (χ4v) is 10.4. The predicted octanol–water partition coefficient (Wildman–Crippen LogP) is 11.1. The van der Waals surface area contributed by atoms with Crippen LogP contribution in [0.4, 0.5) is 4.79 Å². The quantitative estimate of drug-likeness (QED) is 0.0848. The number of rotatable bonds is 14. The van der Waals surface area contributed by atoms with E-state index in [1.165, 1.54) is 37.7 Å². The van der Waals surface area contributed by atoms with Crippen LogP contribution in [0.15, 0.2) is 127 Å². The van der Waals surface area contributed by atoms with Crippen molar-refractivity contribution in [1.29, 1.82) is 0 Å². The average Bonchev–Trinajstić information content (AvgIpc) is 3.97. The van der Waals surface area contributed by atoms with Crippen LogP contribution in [0.5, 0.6) is 0 Å². The van der Waals surface area contributed by atoms with E-state index in [9.17, 15) is 19.2 Å². The van der Waals surface area contributed by atoms with Crippen molar-refractivity contribution < 1.29 is 28.7 Å². The van der Waals surface area contributed by atoms with Gasteiger partial charge in [-0.05, 0) is 71.4 Å². The van der Waals surface area contributed by atoms with Gasteiger partial charge in [0, 0.05) is 40.7 Å². The zero-order chi connectivity index (χ0) is 45.3. The molecule has 0 spiro atoms. The summed E-state index contributed by atoms with van der Waals surface area (Å²) in [7, 11) is 0. The number of halogens is 1. The van der Waals surface area contributed by atoms with E-state index in [4.69, 9.17) is 21.1 Å². The Morgan fingerprint density at radius 1 is 0.677 bits per heavy atom. The number of hydrogen-bond donors (Lipinski definition) is 2. The number of carbonyl (C=O) groups is 4. The Balaban J connectivity index is 1.04. The molecule has 2 N–H and O–H groups in total. The SMILES string of the molecule is CC(C)[C@H](NC(=O)OCC1c2ccccc2-c2ccccc21)C(=O)N[C@@H](CC(=O)OC(c1ccccc1)(c1ccc(C2CCCCCCC2)cc1)c1ccccc1Cl)C(=O)N1CCCC1. The second-order valence-corrected chi connectivity index (χ2v) is 18.6. The number of nitrogens with one attached hydrogen (secondary N) is 2. The highest BCUT2D eigenvalue weighted by Gasteiger charge is 2.44. The van der Waals surface area contributed by atoms with Crippen LogP contribution in [0.1, 0.15) is 123 Å². The van der Waals surface area contributed by atoms with Crippen LogP contribution in [0, 0.1) is 5.92 Å². The highest BCUT2D eigenvalue weighted by Crippen LogP contribution is 2.46. The number of likely N-dealkylation sites (tertiary alicyclic amines) is 1. The van der Waals surface area contributed by atoms with Crippen LogP contribution in [-0.2, 0) is 29.5 Å². The van der Waals surface area contributed by atoms with E-state index in [0.29, 0.717) is 40.7 Å². The Labute approximate surface area is 388 Å². The minimum Gasteiger partial charge on any atom is -0.449 e. The zero-order valence-electron chi connectivity index (χ0n) is 37.5. The van der Waals surface area contributed by atoms with Gasteiger partial charge in [0.05, 0.1) is 6.42 Å². The Morgan fingerprint density at radius 3 is 1.88 bits per heavy atom. The lowest BCUT2D eigenvalue weighted by Crippen LogP contribution is -2.56. The molecule has 5 aromatic carbocycles. The molecule has 3 atom stereocenters. The van der Waals surface area contributed by atoms with Gasteiger partial charge in [-0.2, -0.15) is 0 Å². The van der Waals surface area contributed by atoms with E-state index < -0.39 is 42.1 Å². The van der Waals surface area contributed by atoms with Gasteiger partial charge >= 0.3 is 12.1 Å². The second-order valence-electron chi connectivity index (χ2n) is 18.2. The van der Waals surface area contributed by atoms with Gasteiger partial charge in [0.1, 0.15) is 18.7 Å². The molecule has 9 nitrogen and oxygen atoms in total. The summed E-state index contributed by atoms with van der Waals surface area (Å²) in [4.78, 5) is 58.6. The van der Waals surface area contributed by atoms with E-state index in [1.807, 2.05) is 97.1 Å². The lowest BCUT2D eigenvalue weighted by Gasteiger charge is -2.36. The van der Waals surface area contributed by atoms with E-state index in [2.05, 4.69) is 34.9 Å². The van der Waals surface area contributed by atoms with Crippen molar-refractivity contribution in [2.75, 3.05) is 19.7 Å². The van der Waals surface area contributed by atoms with E-state index in [1.54, 1.807) is 24.8 Å². The summed E-state index contributed by atoms with van der Waals surface area (Å²) in [5, 5.41) is 6.05. The Kier molecular flexibility index (Phi) is 14.7. The highest BCUT2D eigenvalue weighted by atomic mass is 35.5. The monoisotopic (exact) mass is 893 g/mol. The summed E-state index contributed by atoms with van der Waals surface area (Å²) < 4.78 is 12.6. The van der Waals surface area contributed by atoms with Gasteiger partial charge in [-0.1, -0.05) is 179 Å². The molecule has 2 fully saturated rings. The third kappa shape index (κ3) is 10.2. The largest absolute Gasteiger partial charge is 0.449 e. The van der Waals surface area contributed by atoms with Crippen molar-refractivity contribution in [1.82, 2.24) is 15.5 Å². The number of benzene rings is 5. The number of fused-ring (bicyclic) bond motifs is 3. The third-order valence-corrected chi connectivity index (χ3v) is 13.9. The maximum atomic E-state index is 14.8. The number of hydrogen-bond acceptors (Lipinski definition) is 6. The number of nitrogens with zero attached hydrogens (tertiary/aromatic N) is 1. The summed E-state index contributed by atoms with van der Waals surface area (Å²) >= 11 is 7.05. The number of amides is 3. The lowest BCUT2D eigenvalue weighted by atomic mass is 9.78. The number of esters is 1. The summed E-state index contributed by atoms with van der Waals surface area (Å²) in [6.45, 7) is 4.70. The lowest BCUT2D eigenvalue weighted by molar-refractivity contribution is -0.156. The molecule has 2 aliphatic carbocycles. The van der Waals surface area contributed by atoms with Gasteiger partial charge in [-0.3, -0.25) is 14.4 Å². The second kappa shape index (κ2) is 20.9. The van der Waals surface area contributed by atoms with Crippen LogP contribution in [0.2, 0.25) is 5.02 Å². The van der Waals surface area contributed by atoms with Crippen molar-refractivity contribution in [2.45, 2.75) is 108 Å². The molecule has 0 radical (unpaired) electrons. The molecule has 1 heterocycles.